The van der Waals surface area contributed by atoms with E-state index in [0.29, 0.717) is 0 Å². The molecule has 1 N–H and O–H groups in total. The summed E-state index contributed by atoms with van der Waals surface area (Å²) in [4.78, 5) is 18.5. The summed E-state index contributed by atoms with van der Waals surface area (Å²) >= 11 is 0. The normalized spacial score (nSPS) is 16.7. The second kappa shape index (κ2) is 6.72. The van der Waals surface area contributed by atoms with Gasteiger partial charge in [-0.05, 0) is 12.1 Å². The van der Waals surface area contributed by atoms with E-state index >= 15 is 0 Å². The van der Waals surface area contributed by atoms with E-state index in [1.807, 2.05) is 48.5 Å². The van der Waals surface area contributed by atoms with Crippen LogP contribution in [0.25, 0.3) is 0 Å². The Bertz CT molecular complexity index is 667. The van der Waals surface area contributed by atoms with Gasteiger partial charge in [-0.2, -0.15) is 0 Å². The van der Waals surface area contributed by atoms with Gasteiger partial charge in [-0.3, -0.25) is 4.84 Å². The van der Waals surface area contributed by atoms with Gasteiger partial charge >= 0.3 is 5.97 Å². The monoisotopic (exact) mass is 375 g/mol. The molecule has 0 radical (unpaired) electrons. The summed E-state index contributed by atoms with van der Waals surface area (Å²) in [7, 11) is 0. The van der Waals surface area contributed by atoms with Gasteiger partial charge in [0.05, 0.1) is 0 Å². The molecule has 0 unspecified atom stereocenters. The number of para-hydroxylation sites is 2. The van der Waals surface area contributed by atoms with Crippen molar-refractivity contribution >= 4 is 5.97 Å². The third kappa shape index (κ3) is 2.99. The standard InChI is InChI=1S/C18H17NO3.BrH/c20-18(22-19-11-5-6-12-19)17-13-7-1-3-9-15(13)21-16-10-4-2-8-14(16)17;/h1-4,7-10,17H,5-6,11-12H2;1H. The minimum absolute atomic E-state index is 0. The van der Waals surface area contributed by atoms with Gasteiger partial charge in [0.15, 0.2) is 0 Å². The highest BCUT2D eigenvalue weighted by Gasteiger charge is 2.36. The van der Waals surface area contributed by atoms with Crippen LogP contribution in [-0.2, 0) is 9.63 Å². The maximum atomic E-state index is 12.8. The molecule has 120 valence electrons. The molecule has 2 aliphatic rings. The zero-order chi connectivity index (χ0) is 14.9. The number of ether oxygens (including phenoxy) is 1. The molecule has 0 atom stereocenters. The number of benzene rings is 2. The Morgan fingerprint density at radius 1 is 0.957 bits per heavy atom. The van der Waals surface area contributed by atoms with Crippen LogP contribution < -0.4 is 26.8 Å². The zero-order valence-electron chi connectivity index (χ0n) is 12.6. The fraction of sp³-hybridized carbons (Fsp3) is 0.278. The molecule has 0 aliphatic carbocycles. The predicted molar refractivity (Wildman–Crippen MR) is 80.8 cm³/mol. The van der Waals surface area contributed by atoms with Crippen LogP contribution in [-0.4, -0.2) is 19.1 Å². The van der Waals surface area contributed by atoms with E-state index < -0.39 is 5.92 Å². The van der Waals surface area contributed by atoms with Crippen LogP contribution in [0.5, 0.6) is 11.5 Å². The Morgan fingerprint density at radius 2 is 1.48 bits per heavy atom. The molecule has 2 aliphatic heterocycles. The van der Waals surface area contributed by atoms with Gasteiger partial charge in [0.1, 0.15) is 30.5 Å². The maximum Gasteiger partial charge on any atom is 0.378 e. The fourth-order valence-corrected chi connectivity index (χ4v) is 3.24. The molecule has 0 bridgehead atoms. The number of nitrogens with one attached hydrogen (secondary N) is 1. The Hall–Kier alpha value is -1.85. The van der Waals surface area contributed by atoms with Gasteiger partial charge in [0.25, 0.3) is 0 Å². The van der Waals surface area contributed by atoms with E-state index in [1.165, 1.54) is 0 Å². The number of rotatable bonds is 2. The summed E-state index contributed by atoms with van der Waals surface area (Å²) in [6.45, 7) is 1.80. The molecule has 4 nitrogen and oxygen atoms in total. The number of carbonyl (C=O) groups excluding carboxylic acids is 1. The van der Waals surface area contributed by atoms with Crippen LogP contribution in [0, 0.1) is 0 Å². The molecule has 23 heavy (non-hydrogen) atoms. The lowest BCUT2D eigenvalue weighted by molar-refractivity contribution is -1.06. The topological polar surface area (TPSA) is 40.0 Å². The highest BCUT2D eigenvalue weighted by atomic mass is 79.9. The first-order valence-corrected chi connectivity index (χ1v) is 7.75. The molecule has 0 spiro atoms. The van der Waals surface area contributed by atoms with Crippen molar-refractivity contribution in [3.8, 4) is 11.5 Å². The molecular weight excluding hydrogens is 358 g/mol. The lowest BCUT2D eigenvalue weighted by Crippen LogP contribution is -3.09. The first kappa shape index (κ1) is 16.0. The number of carbonyl (C=O) groups is 1. The van der Waals surface area contributed by atoms with Crippen LogP contribution in [0.4, 0.5) is 0 Å². The molecule has 2 aromatic carbocycles. The molecule has 0 saturated carbocycles. The minimum atomic E-state index is -0.408. The lowest BCUT2D eigenvalue weighted by atomic mass is 9.88. The highest BCUT2D eigenvalue weighted by molar-refractivity contribution is 5.84. The van der Waals surface area contributed by atoms with Crippen molar-refractivity contribution in [2.24, 2.45) is 0 Å². The lowest BCUT2D eigenvalue weighted by Gasteiger charge is -2.26. The van der Waals surface area contributed by atoms with Crippen molar-refractivity contribution in [3.63, 3.8) is 0 Å². The molecular formula is C18H18BrNO3. The van der Waals surface area contributed by atoms with E-state index in [1.54, 1.807) is 0 Å². The summed E-state index contributed by atoms with van der Waals surface area (Å²) in [6.07, 6.45) is 2.23. The van der Waals surface area contributed by atoms with E-state index in [-0.39, 0.29) is 23.0 Å². The number of fused-ring (bicyclic) bond motifs is 2. The molecule has 1 fully saturated rings. The molecule has 0 amide bonds. The van der Waals surface area contributed by atoms with Gasteiger partial charge in [-0.25, -0.2) is 4.79 Å². The van der Waals surface area contributed by atoms with Crippen molar-refractivity contribution in [1.29, 1.82) is 0 Å². The van der Waals surface area contributed by atoms with Crippen molar-refractivity contribution < 1.29 is 36.4 Å². The largest absolute Gasteiger partial charge is 1.00 e. The van der Waals surface area contributed by atoms with Gasteiger partial charge in [-0.1, -0.05) is 36.4 Å². The smallest absolute Gasteiger partial charge is 0.378 e. The molecule has 4 rings (SSSR count). The molecule has 2 heterocycles. The van der Waals surface area contributed by atoms with Crippen molar-refractivity contribution in [1.82, 2.24) is 0 Å². The van der Waals surface area contributed by atoms with Gasteiger partial charge in [-0.15, -0.1) is 5.06 Å². The number of halogens is 1. The molecule has 5 heteroatoms. The van der Waals surface area contributed by atoms with Crippen LogP contribution >= 0.6 is 0 Å². The molecule has 1 saturated heterocycles. The van der Waals surface area contributed by atoms with Crippen molar-refractivity contribution in [2.75, 3.05) is 13.1 Å². The Balaban J connectivity index is 0.00000156. The van der Waals surface area contributed by atoms with Gasteiger partial charge in [0, 0.05) is 24.0 Å². The highest BCUT2D eigenvalue weighted by Crippen LogP contribution is 2.44. The zero-order valence-corrected chi connectivity index (χ0v) is 14.2. The molecule has 2 aromatic rings. The SMILES string of the molecule is O=C(O[NH+]1CCCC1)C1c2ccccc2Oc2ccccc21.[Br-]. The van der Waals surface area contributed by atoms with E-state index in [2.05, 4.69) is 0 Å². The average Bonchev–Trinajstić information content (AvgIpc) is 3.05. The quantitative estimate of drug-likeness (QED) is 0.736. The van der Waals surface area contributed by atoms with E-state index in [9.17, 15) is 4.79 Å². The van der Waals surface area contributed by atoms with Crippen molar-refractivity contribution in [3.05, 3.63) is 59.7 Å². The first-order valence-electron chi connectivity index (χ1n) is 7.75. The van der Waals surface area contributed by atoms with E-state index in [0.717, 1.165) is 53.6 Å². The van der Waals surface area contributed by atoms with Crippen LogP contribution in [0.2, 0.25) is 0 Å². The minimum Gasteiger partial charge on any atom is -1.00 e. The fourth-order valence-electron chi connectivity index (χ4n) is 3.24. The average molecular weight is 376 g/mol. The summed E-state index contributed by atoms with van der Waals surface area (Å²) in [5.74, 6) is 0.869. The van der Waals surface area contributed by atoms with Crippen molar-refractivity contribution in [2.45, 2.75) is 18.8 Å². The van der Waals surface area contributed by atoms with Crippen LogP contribution in [0.1, 0.15) is 29.9 Å². The second-order valence-electron chi connectivity index (χ2n) is 5.78. The first-order chi connectivity index (χ1) is 10.8. The summed E-state index contributed by atoms with van der Waals surface area (Å²) in [6, 6.07) is 15.4. The molecule has 0 aromatic heterocycles. The summed E-state index contributed by atoms with van der Waals surface area (Å²) < 4.78 is 5.91. The summed E-state index contributed by atoms with van der Waals surface area (Å²) in [5, 5.41) is 0.923. The van der Waals surface area contributed by atoms with Gasteiger partial charge in [0.2, 0.25) is 0 Å². The maximum absolute atomic E-state index is 12.8. The number of hydrogen-bond acceptors (Lipinski definition) is 3. The Kier molecular flexibility index (Phi) is 4.68. The third-order valence-corrected chi connectivity index (χ3v) is 4.32. The third-order valence-electron chi connectivity index (χ3n) is 4.32. The predicted octanol–water partition coefficient (Wildman–Crippen LogP) is -0.935. The number of hydrogen-bond donors (Lipinski definition) is 1. The summed E-state index contributed by atoms with van der Waals surface area (Å²) in [5.41, 5.74) is 1.76. The van der Waals surface area contributed by atoms with Gasteiger partial charge < -0.3 is 21.7 Å². The van der Waals surface area contributed by atoms with E-state index in [4.69, 9.17) is 9.57 Å². The van der Waals surface area contributed by atoms with Crippen LogP contribution in [0.3, 0.4) is 0 Å². The number of quaternary nitrogens is 1. The Morgan fingerprint density at radius 3 is 2.04 bits per heavy atom. The second-order valence-corrected chi connectivity index (χ2v) is 5.78. The van der Waals surface area contributed by atoms with Crippen LogP contribution in [0.15, 0.2) is 48.5 Å². The Labute approximate surface area is 145 Å². The number of hydroxylamine groups is 2.